The van der Waals surface area contributed by atoms with Crippen LogP contribution in [0.5, 0.6) is 5.75 Å². The van der Waals surface area contributed by atoms with Gasteiger partial charge in [-0.05, 0) is 47.4 Å². The molecule has 0 spiro atoms. The van der Waals surface area contributed by atoms with Gasteiger partial charge in [0.15, 0.2) is 11.6 Å². The summed E-state index contributed by atoms with van der Waals surface area (Å²) >= 11 is 0. The molecule has 0 radical (unpaired) electrons. The molecule has 4 heterocycles. The third-order valence-electron chi connectivity index (χ3n) is 6.13. The van der Waals surface area contributed by atoms with Crippen molar-refractivity contribution in [2.45, 2.75) is 26.2 Å². The lowest BCUT2D eigenvalue weighted by Gasteiger charge is -2.22. The van der Waals surface area contributed by atoms with Crippen molar-refractivity contribution < 1.29 is 5.11 Å². The predicted molar refractivity (Wildman–Crippen MR) is 138 cm³/mol. The minimum Gasteiger partial charge on any atom is -0.507 e. The van der Waals surface area contributed by atoms with Crippen molar-refractivity contribution in [3.8, 4) is 51.3 Å². The van der Waals surface area contributed by atoms with E-state index in [1.165, 1.54) is 0 Å². The first-order valence-corrected chi connectivity index (χ1v) is 11.5. The van der Waals surface area contributed by atoms with E-state index in [9.17, 15) is 5.11 Å². The summed E-state index contributed by atoms with van der Waals surface area (Å²) in [6.45, 7) is 6.47. The molecule has 7 heteroatoms. The molecule has 1 N–H and O–H groups in total. The zero-order valence-corrected chi connectivity index (χ0v) is 20.6. The van der Waals surface area contributed by atoms with Gasteiger partial charge in [-0.1, -0.05) is 32.9 Å². The van der Waals surface area contributed by atoms with Crippen molar-refractivity contribution in [1.82, 2.24) is 29.1 Å². The SMILES string of the molecule is Cn1ccnc1-c1cccc(-c2cc(C(C)(C)C)cc(-c3cccc(-c4nccn4C)n3)c2O)n1. The second kappa shape index (κ2) is 8.51. The van der Waals surface area contributed by atoms with Gasteiger partial charge in [-0.25, -0.2) is 19.9 Å². The van der Waals surface area contributed by atoms with Gasteiger partial charge in [0.2, 0.25) is 0 Å². The smallest absolute Gasteiger partial charge is 0.158 e. The average molecular weight is 465 g/mol. The Kier molecular flexibility index (Phi) is 5.47. The Bertz CT molecular complexity index is 1420. The molecule has 1 aromatic carbocycles. The van der Waals surface area contributed by atoms with Crippen LogP contribution in [-0.4, -0.2) is 34.2 Å². The van der Waals surface area contributed by atoms with Crippen LogP contribution >= 0.6 is 0 Å². The van der Waals surface area contributed by atoms with Crippen molar-refractivity contribution in [2.75, 3.05) is 0 Å². The first-order chi connectivity index (χ1) is 16.7. The number of aryl methyl sites for hydroxylation is 2. The van der Waals surface area contributed by atoms with Crippen LogP contribution in [-0.2, 0) is 19.5 Å². The van der Waals surface area contributed by atoms with Crippen LogP contribution < -0.4 is 0 Å². The van der Waals surface area contributed by atoms with Gasteiger partial charge in [-0.2, -0.15) is 0 Å². The fourth-order valence-electron chi connectivity index (χ4n) is 4.10. The van der Waals surface area contributed by atoms with Gasteiger partial charge in [0.05, 0.1) is 11.4 Å². The molecule has 0 atom stereocenters. The summed E-state index contributed by atoms with van der Waals surface area (Å²) < 4.78 is 3.85. The first kappa shape index (κ1) is 22.5. The van der Waals surface area contributed by atoms with E-state index in [0.29, 0.717) is 22.5 Å². The molecule has 0 saturated heterocycles. The third-order valence-corrected chi connectivity index (χ3v) is 6.13. The van der Waals surface area contributed by atoms with Gasteiger partial charge < -0.3 is 14.2 Å². The Labute approximate surface area is 204 Å². The summed E-state index contributed by atoms with van der Waals surface area (Å²) in [6.07, 6.45) is 7.28. The topological polar surface area (TPSA) is 81.7 Å². The minimum absolute atomic E-state index is 0.145. The summed E-state index contributed by atoms with van der Waals surface area (Å²) in [4.78, 5) is 18.6. The molecule has 176 valence electrons. The Morgan fingerprint density at radius 1 is 0.686 bits per heavy atom. The number of rotatable bonds is 4. The van der Waals surface area contributed by atoms with Gasteiger partial charge in [0.25, 0.3) is 0 Å². The second-order valence-corrected chi connectivity index (χ2v) is 9.71. The van der Waals surface area contributed by atoms with Crippen molar-refractivity contribution in [1.29, 1.82) is 0 Å². The summed E-state index contributed by atoms with van der Waals surface area (Å²) in [7, 11) is 3.87. The number of phenols is 1. The van der Waals surface area contributed by atoms with Crippen LogP contribution in [0.4, 0.5) is 0 Å². The Hall–Kier alpha value is -4.26. The average Bonchev–Trinajstić information content (AvgIpc) is 3.46. The first-order valence-electron chi connectivity index (χ1n) is 11.5. The zero-order valence-electron chi connectivity index (χ0n) is 20.6. The van der Waals surface area contributed by atoms with E-state index in [0.717, 1.165) is 28.6 Å². The lowest BCUT2D eigenvalue weighted by Crippen LogP contribution is -2.11. The molecule has 7 nitrogen and oxygen atoms in total. The summed E-state index contributed by atoms with van der Waals surface area (Å²) in [5.74, 6) is 1.68. The molecule has 4 aromatic heterocycles. The minimum atomic E-state index is -0.147. The lowest BCUT2D eigenvalue weighted by atomic mass is 9.83. The number of pyridine rings is 2. The number of benzene rings is 1. The molecule has 0 amide bonds. The van der Waals surface area contributed by atoms with Crippen molar-refractivity contribution >= 4 is 0 Å². The Morgan fingerprint density at radius 3 is 1.49 bits per heavy atom. The van der Waals surface area contributed by atoms with Gasteiger partial charge in [0.1, 0.15) is 17.1 Å². The molecule has 5 rings (SSSR count). The molecule has 0 unspecified atom stereocenters. The quantitative estimate of drug-likeness (QED) is 0.374. The van der Waals surface area contributed by atoms with E-state index < -0.39 is 0 Å². The van der Waals surface area contributed by atoms with E-state index in [4.69, 9.17) is 9.97 Å². The van der Waals surface area contributed by atoms with Gasteiger partial charge in [-0.3, -0.25) is 0 Å². The van der Waals surface area contributed by atoms with Crippen LogP contribution in [0.2, 0.25) is 0 Å². The standard InChI is InChI=1S/C28H28N6O/c1-28(2,3)18-16-19(21-8-6-10-23(31-21)26-29-12-14-33(26)4)25(35)20(17-18)22-9-7-11-24(32-22)27-30-13-15-34(27)5/h6-17,35H,1-5H3. The maximum atomic E-state index is 11.5. The molecule has 35 heavy (non-hydrogen) atoms. The highest BCUT2D eigenvalue weighted by Gasteiger charge is 2.22. The van der Waals surface area contributed by atoms with Crippen LogP contribution in [0.15, 0.2) is 73.3 Å². The zero-order chi connectivity index (χ0) is 24.7. The molecule has 5 aromatic rings. The lowest BCUT2D eigenvalue weighted by molar-refractivity contribution is 0.477. The van der Waals surface area contributed by atoms with Gasteiger partial charge >= 0.3 is 0 Å². The molecular weight excluding hydrogens is 436 g/mol. The summed E-state index contributed by atoms with van der Waals surface area (Å²) in [5.41, 5.74) is 5.09. The van der Waals surface area contributed by atoms with Gasteiger partial charge in [0, 0.05) is 50.0 Å². The van der Waals surface area contributed by atoms with Gasteiger partial charge in [-0.15, -0.1) is 0 Å². The highest BCUT2D eigenvalue weighted by molar-refractivity contribution is 5.81. The Morgan fingerprint density at radius 2 is 1.11 bits per heavy atom. The number of imidazole rings is 2. The summed E-state index contributed by atoms with van der Waals surface area (Å²) in [5, 5.41) is 11.5. The largest absolute Gasteiger partial charge is 0.507 e. The second-order valence-electron chi connectivity index (χ2n) is 9.71. The highest BCUT2D eigenvalue weighted by Crippen LogP contribution is 2.41. The third kappa shape index (κ3) is 4.21. The normalized spacial score (nSPS) is 11.7. The van der Waals surface area contributed by atoms with Crippen molar-refractivity contribution in [3.63, 3.8) is 0 Å². The fourth-order valence-corrected chi connectivity index (χ4v) is 4.10. The number of aromatic nitrogens is 6. The van der Waals surface area contributed by atoms with Crippen LogP contribution in [0.3, 0.4) is 0 Å². The molecule has 0 aliphatic heterocycles. The van der Waals surface area contributed by atoms with E-state index in [2.05, 4.69) is 30.7 Å². The Balaban J connectivity index is 1.69. The number of nitrogens with zero attached hydrogens (tertiary/aromatic N) is 6. The van der Waals surface area contributed by atoms with Crippen molar-refractivity contribution in [2.24, 2.45) is 14.1 Å². The van der Waals surface area contributed by atoms with Crippen molar-refractivity contribution in [3.05, 3.63) is 78.9 Å². The van der Waals surface area contributed by atoms with Crippen LogP contribution in [0.25, 0.3) is 45.6 Å². The van der Waals surface area contributed by atoms with Crippen LogP contribution in [0, 0.1) is 0 Å². The number of phenolic OH excluding ortho intramolecular Hbond substituents is 1. The molecule has 0 aliphatic rings. The maximum absolute atomic E-state index is 11.5. The monoisotopic (exact) mass is 464 g/mol. The predicted octanol–water partition coefficient (Wildman–Crippen LogP) is 5.61. The van der Waals surface area contributed by atoms with E-state index >= 15 is 0 Å². The molecular formula is C28H28N6O. The molecule has 0 aliphatic carbocycles. The molecule has 0 bridgehead atoms. The molecule has 0 saturated carbocycles. The highest BCUT2D eigenvalue weighted by atomic mass is 16.3. The number of hydrogen-bond donors (Lipinski definition) is 1. The number of aromatic hydroxyl groups is 1. The van der Waals surface area contributed by atoms with E-state index in [1.807, 2.05) is 84.2 Å². The van der Waals surface area contributed by atoms with E-state index in [-0.39, 0.29) is 11.2 Å². The van der Waals surface area contributed by atoms with E-state index in [1.54, 1.807) is 12.4 Å². The summed E-state index contributed by atoms with van der Waals surface area (Å²) in [6, 6.07) is 15.6. The maximum Gasteiger partial charge on any atom is 0.158 e. The number of hydrogen-bond acceptors (Lipinski definition) is 5. The molecule has 0 fully saturated rings. The van der Waals surface area contributed by atoms with Crippen LogP contribution in [0.1, 0.15) is 26.3 Å². The fraction of sp³-hybridized carbons (Fsp3) is 0.214.